The summed E-state index contributed by atoms with van der Waals surface area (Å²) in [6.45, 7) is 2.25. The molecule has 0 aromatic carbocycles. The Morgan fingerprint density at radius 1 is 0.727 bits per heavy atom. The molecule has 0 aromatic rings. The molecule has 0 unspecified atom stereocenters. The van der Waals surface area contributed by atoms with Crippen molar-refractivity contribution in [2.45, 2.75) is 32.6 Å². The Kier molecular flexibility index (Phi) is 38.2. The first-order valence-corrected chi connectivity index (χ1v) is 8.21. The lowest BCUT2D eigenvalue weighted by Crippen LogP contribution is -1.93. The number of carboxylic acids is 3. The largest absolute Gasteiger partial charge is 0.481 e. The van der Waals surface area contributed by atoms with E-state index in [4.69, 9.17) is 20.4 Å². The number of rotatable bonds is 7. The SMILES string of the molecule is CCCO.O=C(O)CCS.O=C(O)CCS.O=C(O)CCS. The molecule has 0 fully saturated rings. The molecule has 0 amide bonds. The molecule has 0 spiro atoms. The lowest BCUT2D eigenvalue weighted by atomic mass is 10.5. The third-order valence-electron chi connectivity index (χ3n) is 1.20. The molecule has 4 N–H and O–H groups in total. The van der Waals surface area contributed by atoms with E-state index >= 15 is 0 Å². The van der Waals surface area contributed by atoms with E-state index in [1.165, 1.54) is 0 Å². The first-order chi connectivity index (χ1) is 10.2. The fourth-order valence-electron chi connectivity index (χ4n) is 0.287. The van der Waals surface area contributed by atoms with Crippen LogP contribution in [0.25, 0.3) is 0 Å². The molecule has 0 aliphatic heterocycles. The van der Waals surface area contributed by atoms with Crippen molar-refractivity contribution in [2.75, 3.05) is 23.9 Å². The van der Waals surface area contributed by atoms with Gasteiger partial charge in [0.25, 0.3) is 0 Å². The molecule has 0 atom stereocenters. The fraction of sp³-hybridized carbons (Fsp3) is 0.750. The van der Waals surface area contributed by atoms with Crippen molar-refractivity contribution in [2.24, 2.45) is 0 Å². The molecule has 0 saturated heterocycles. The second-order valence-electron chi connectivity index (χ2n) is 3.33. The van der Waals surface area contributed by atoms with E-state index in [0.717, 1.165) is 6.42 Å². The molecule has 0 rings (SSSR count). The lowest BCUT2D eigenvalue weighted by molar-refractivity contribution is -0.137. The third kappa shape index (κ3) is 74.3. The number of aliphatic hydroxyl groups is 1. The van der Waals surface area contributed by atoms with Crippen LogP contribution < -0.4 is 0 Å². The smallest absolute Gasteiger partial charge is 0.304 e. The van der Waals surface area contributed by atoms with Gasteiger partial charge in [-0.15, -0.1) is 0 Å². The highest BCUT2D eigenvalue weighted by molar-refractivity contribution is 7.80. The summed E-state index contributed by atoms with van der Waals surface area (Å²) in [5, 5.41) is 31.5. The molecular weight excluding hydrogens is 352 g/mol. The van der Waals surface area contributed by atoms with E-state index < -0.39 is 17.9 Å². The van der Waals surface area contributed by atoms with Gasteiger partial charge in [-0.25, -0.2) is 0 Å². The monoisotopic (exact) mass is 378 g/mol. The maximum Gasteiger partial charge on any atom is 0.304 e. The van der Waals surface area contributed by atoms with Crippen LogP contribution in [0.15, 0.2) is 0 Å². The number of thiol groups is 3. The number of carbonyl (C=O) groups is 3. The highest BCUT2D eigenvalue weighted by Gasteiger charge is 1.89. The molecule has 0 bridgehead atoms. The molecule has 0 aromatic heterocycles. The number of hydrogen-bond acceptors (Lipinski definition) is 7. The molecule has 134 valence electrons. The third-order valence-corrected chi connectivity index (χ3v) is 1.87. The Hall–Kier alpha value is -0.580. The summed E-state index contributed by atoms with van der Waals surface area (Å²) >= 11 is 11.0. The van der Waals surface area contributed by atoms with Gasteiger partial charge in [0.2, 0.25) is 0 Å². The molecule has 0 aliphatic rings. The van der Waals surface area contributed by atoms with Crippen LogP contribution in [0.2, 0.25) is 0 Å². The molecule has 10 heteroatoms. The van der Waals surface area contributed by atoms with Crippen molar-refractivity contribution < 1.29 is 34.8 Å². The van der Waals surface area contributed by atoms with Crippen molar-refractivity contribution in [3.63, 3.8) is 0 Å². The van der Waals surface area contributed by atoms with Crippen molar-refractivity contribution in [3.8, 4) is 0 Å². The minimum absolute atomic E-state index is 0.156. The second-order valence-corrected chi connectivity index (χ2v) is 4.67. The van der Waals surface area contributed by atoms with Gasteiger partial charge in [0, 0.05) is 23.9 Å². The van der Waals surface area contributed by atoms with Crippen molar-refractivity contribution in [1.82, 2.24) is 0 Å². The van der Waals surface area contributed by atoms with Crippen LogP contribution in [-0.2, 0) is 14.4 Å². The van der Waals surface area contributed by atoms with Crippen molar-refractivity contribution in [3.05, 3.63) is 0 Å². The molecule has 7 nitrogen and oxygen atoms in total. The van der Waals surface area contributed by atoms with E-state index in [0.29, 0.717) is 23.9 Å². The van der Waals surface area contributed by atoms with Gasteiger partial charge in [-0.1, -0.05) is 6.92 Å². The average Bonchev–Trinajstić information content (AvgIpc) is 2.40. The first kappa shape index (κ1) is 29.4. The number of carboxylic acid groups (broad SMARTS) is 3. The Labute approximate surface area is 147 Å². The van der Waals surface area contributed by atoms with Crippen LogP contribution in [0.5, 0.6) is 0 Å². The number of aliphatic hydroxyl groups excluding tert-OH is 1. The molecule has 0 heterocycles. The summed E-state index contributed by atoms with van der Waals surface area (Å²) in [6, 6.07) is 0. The predicted octanol–water partition coefficient (Wildman–Crippen LogP) is 1.56. The summed E-state index contributed by atoms with van der Waals surface area (Å²) in [6.07, 6.45) is 1.34. The van der Waals surface area contributed by atoms with Crippen molar-refractivity contribution in [1.29, 1.82) is 0 Å². The van der Waals surface area contributed by atoms with E-state index in [1.54, 1.807) is 0 Å². The molecule has 0 radical (unpaired) electrons. The maximum atomic E-state index is 9.55. The Bertz CT molecular complexity index is 223. The van der Waals surface area contributed by atoms with Crippen LogP contribution in [0, 0.1) is 0 Å². The van der Waals surface area contributed by atoms with E-state index in [2.05, 4.69) is 37.9 Å². The quantitative estimate of drug-likeness (QED) is 0.334. The highest BCUT2D eigenvalue weighted by atomic mass is 32.1. The van der Waals surface area contributed by atoms with Gasteiger partial charge in [-0.2, -0.15) is 37.9 Å². The zero-order valence-corrected chi connectivity index (χ0v) is 15.2. The zero-order chi connectivity index (χ0) is 18.4. The topological polar surface area (TPSA) is 132 Å². The van der Waals surface area contributed by atoms with Gasteiger partial charge in [-0.05, 0) is 6.42 Å². The van der Waals surface area contributed by atoms with Crippen LogP contribution in [-0.4, -0.2) is 62.2 Å². The van der Waals surface area contributed by atoms with Gasteiger partial charge >= 0.3 is 17.9 Å². The fourth-order valence-corrected chi connectivity index (χ4v) is 0.861. The highest BCUT2D eigenvalue weighted by Crippen LogP contribution is 1.80. The van der Waals surface area contributed by atoms with Gasteiger partial charge in [0.15, 0.2) is 0 Å². The average molecular weight is 379 g/mol. The normalized spacial score (nSPS) is 8.05. The number of aliphatic carboxylic acids is 3. The summed E-state index contributed by atoms with van der Waals surface area (Å²) in [5.74, 6) is -1.08. The Morgan fingerprint density at radius 3 is 0.909 bits per heavy atom. The van der Waals surface area contributed by atoms with Crippen LogP contribution >= 0.6 is 37.9 Å². The van der Waals surface area contributed by atoms with E-state index in [9.17, 15) is 14.4 Å². The lowest BCUT2D eigenvalue weighted by Gasteiger charge is -1.79. The summed E-state index contributed by atoms with van der Waals surface area (Å²) in [4.78, 5) is 28.7. The van der Waals surface area contributed by atoms with Gasteiger partial charge in [0.05, 0.1) is 19.3 Å². The summed E-state index contributed by atoms with van der Waals surface area (Å²) in [7, 11) is 0. The Balaban J connectivity index is -0.0000000994. The van der Waals surface area contributed by atoms with Crippen molar-refractivity contribution >= 4 is 55.8 Å². The summed E-state index contributed by atoms with van der Waals surface area (Å²) < 4.78 is 0. The van der Waals surface area contributed by atoms with Gasteiger partial charge in [0.1, 0.15) is 0 Å². The number of hydrogen-bond donors (Lipinski definition) is 7. The van der Waals surface area contributed by atoms with Gasteiger partial charge < -0.3 is 20.4 Å². The van der Waals surface area contributed by atoms with Crippen LogP contribution in [0.4, 0.5) is 0 Å². The van der Waals surface area contributed by atoms with E-state index in [1.807, 2.05) is 6.92 Å². The van der Waals surface area contributed by atoms with Crippen LogP contribution in [0.1, 0.15) is 32.6 Å². The minimum atomic E-state index is -0.787. The summed E-state index contributed by atoms with van der Waals surface area (Å²) in [5.41, 5.74) is 0. The van der Waals surface area contributed by atoms with Crippen LogP contribution in [0.3, 0.4) is 0 Å². The molecule has 22 heavy (non-hydrogen) atoms. The van der Waals surface area contributed by atoms with E-state index in [-0.39, 0.29) is 19.3 Å². The molecular formula is C12H26O7S3. The second kappa shape index (κ2) is 28.6. The van der Waals surface area contributed by atoms with Gasteiger partial charge in [-0.3, -0.25) is 14.4 Å². The minimum Gasteiger partial charge on any atom is -0.481 e. The standard InChI is InChI=1S/3C3H6O2S.C3H8O/c3*4-3(5)1-2-6;1-2-3-4/h3*6H,1-2H2,(H,4,5);4H,2-3H2,1H3. The Morgan fingerprint density at radius 2 is 0.909 bits per heavy atom. The predicted molar refractivity (Wildman–Crippen MR) is 95.7 cm³/mol. The maximum absolute atomic E-state index is 9.55. The first-order valence-electron chi connectivity index (χ1n) is 6.32. The molecule has 0 aliphatic carbocycles. The molecule has 0 saturated carbocycles. The zero-order valence-electron chi connectivity index (χ0n) is 12.5.